The number of carboxylic acids is 1. The maximum atomic E-state index is 12.5. The Kier molecular flexibility index (Phi) is 4.04. The number of methoxy groups -OCH3 is 1. The van der Waals surface area contributed by atoms with Crippen molar-refractivity contribution in [2.75, 3.05) is 13.7 Å². The number of pyridine rings is 1. The van der Waals surface area contributed by atoms with Gasteiger partial charge in [0.25, 0.3) is 5.91 Å². The van der Waals surface area contributed by atoms with E-state index in [1.165, 1.54) is 12.0 Å². The lowest BCUT2D eigenvalue weighted by molar-refractivity contribution is -0.141. The molecule has 1 fully saturated rings. The van der Waals surface area contributed by atoms with E-state index in [0.29, 0.717) is 24.2 Å². The fraction of sp³-hybridized carbons (Fsp3) is 0.500. The first-order valence-corrected chi connectivity index (χ1v) is 6.45. The third-order valence-corrected chi connectivity index (χ3v) is 3.60. The average Bonchev–Trinajstić information content (AvgIpc) is 2.82. The van der Waals surface area contributed by atoms with Crippen LogP contribution in [-0.2, 0) is 9.53 Å². The monoisotopic (exact) mass is 278 g/mol. The van der Waals surface area contributed by atoms with Gasteiger partial charge >= 0.3 is 5.97 Å². The van der Waals surface area contributed by atoms with Crippen molar-refractivity contribution >= 4 is 11.9 Å². The van der Waals surface area contributed by atoms with Crippen LogP contribution in [-0.4, -0.2) is 52.7 Å². The van der Waals surface area contributed by atoms with Crippen LogP contribution >= 0.6 is 0 Å². The Hall–Kier alpha value is -1.95. The van der Waals surface area contributed by atoms with Crippen molar-refractivity contribution in [1.29, 1.82) is 0 Å². The van der Waals surface area contributed by atoms with E-state index in [1.807, 2.05) is 6.92 Å². The van der Waals surface area contributed by atoms with Crippen LogP contribution in [0.1, 0.15) is 28.2 Å². The molecule has 1 aromatic rings. The highest BCUT2D eigenvalue weighted by molar-refractivity contribution is 5.97. The third kappa shape index (κ3) is 2.65. The van der Waals surface area contributed by atoms with Crippen molar-refractivity contribution < 1.29 is 19.4 Å². The van der Waals surface area contributed by atoms with Gasteiger partial charge in [0.05, 0.1) is 17.4 Å². The Labute approximate surface area is 117 Å². The summed E-state index contributed by atoms with van der Waals surface area (Å²) in [5.41, 5.74) is 1.88. The zero-order chi connectivity index (χ0) is 14.9. The number of ether oxygens (including phenoxy) is 1. The number of aromatic nitrogens is 1. The van der Waals surface area contributed by atoms with Gasteiger partial charge in [0.15, 0.2) is 0 Å². The fourth-order valence-electron chi connectivity index (χ4n) is 2.49. The molecule has 0 radical (unpaired) electrons. The van der Waals surface area contributed by atoms with Crippen molar-refractivity contribution in [3.05, 3.63) is 29.1 Å². The molecule has 6 heteroatoms. The molecule has 0 saturated carbocycles. The summed E-state index contributed by atoms with van der Waals surface area (Å²) < 4.78 is 5.18. The van der Waals surface area contributed by atoms with Crippen LogP contribution in [0.4, 0.5) is 0 Å². The maximum absolute atomic E-state index is 12.5. The van der Waals surface area contributed by atoms with Crippen LogP contribution in [0.3, 0.4) is 0 Å². The maximum Gasteiger partial charge on any atom is 0.326 e. The van der Waals surface area contributed by atoms with Crippen molar-refractivity contribution in [3.8, 4) is 0 Å². The van der Waals surface area contributed by atoms with Gasteiger partial charge in [-0.2, -0.15) is 0 Å². The van der Waals surface area contributed by atoms with Crippen molar-refractivity contribution in [2.24, 2.45) is 0 Å². The molecule has 2 heterocycles. The summed E-state index contributed by atoms with van der Waals surface area (Å²) in [4.78, 5) is 29.4. The second-order valence-corrected chi connectivity index (χ2v) is 4.99. The SMILES string of the molecule is COC1CC(C(=O)O)N(C(=O)c2ccc(C)nc2C)C1. The van der Waals surface area contributed by atoms with Gasteiger partial charge in [-0.1, -0.05) is 0 Å². The van der Waals surface area contributed by atoms with Crippen molar-refractivity contribution in [2.45, 2.75) is 32.4 Å². The number of aryl methyl sites for hydroxylation is 2. The lowest BCUT2D eigenvalue weighted by Crippen LogP contribution is -2.41. The molecule has 20 heavy (non-hydrogen) atoms. The summed E-state index contributed by atoms with van der Waals surface area (Å²) in [5, 5.41) is 9.24. The Morgan fingerprint density at radius 3 is 2.65 bits per heavy atom. The van der Waals surface area contributed by atoms with Crippen molar-refractivity contribution in [3.63, 3.8) is 0 Å². The number of nitrogens with zero attached hydrogens (tertiary/aromatic N) is 2. The number of rotatable bonds is 3. The number of carboxylic acid groups (broad SMARTS) is 1. The molecular formula is C14H18N2O4. The topological polar surface area (TPSA) is 79.7 Å². The van der Waals surface area contributed by atoms with Crippen LogP contribution in [0.2, 0.25) is 0 Å². The number of carbonyl (C=O) groups excluding carboxylic acids is 1. The molecule has 1 aliphatic heterocycles. The molecule has 1 amide bonds. The van der Waals surface area contributed by atoms with E-state index in [0.717, 1.165) is 5.69 Å². The van der Waals surface area contributed by atoms with Gasteiger partial charge in [-0.05, 0) is 26.0 Å². The predicted octanol–water partition coefficient (Wildman–Crippen LogP) is 1.01. The quantitative estimate of drug-likeness (QED) is 0.892. The zero-order valence-corrected chi connectivity index (χ0v) is 11.8. The van der Waals surface area contributed by atoms with Gasteiger partial charge in [0.2, 0.25) is 0 Å². The summed E-state index contributed by atoms with van der Waals surface area (Å²) in [6, 6.07) is 2.60. The summed E-state index contributed by atoms with van der Waals surface area (Å²) in [5.74, 6) is -1.31. The molecule has 1 aliphatic rings. The Balaban J connectivity index is 2.29. The highest BCUT2D eigenvalue weighted by Crippen LogP contribution is 2.23. The van der Waals surface area contributed by atoms with E-state index >= 15 is 0 Å². The Morgan fingerprint density at radius 1 is 1.40 bits per heavy atom. The van der Waals surface area contributed by atoms with E-state index in [4.69, 9.17) is 4.74 Å². The third-order valence-electron chi connectivity index (χ3n) is 3.60. The van der Waals surface area contributed by atoms with E-state index in [-0.39, 0.29) is 12.0 Å². The molecule has 1 aromatic heterocycles. The number of hydrogen-bond acceptors (Lipinski definition) is 4. The van der Waals surface area contributed by atoms with E-state index in [9.17, 15) is 14.7 Å². The predicted molar refractivity (Wildman–Crippen MR) is 71.6 cm³/mol. The molecule has 0 spiro atoms. The first-order valence-electron chi connectivity index (χ1n) is 6.45. The van der Waals surface area contributed by atoms with Gasteiger partial charge in [-0.25, -0.2) is 4.79 Å². The van der Waals surface area contributed by atoms with Gasteiger partial charge in [-0.15, -0.1) is 0 Å². The van der Waals surface area contributed by atoms with Crippen LogP contribution < -0.4 is 0 Å². The van der Waals surface area contributed by atoms with Gasteiger partial charge in [0, 0.05) is 25.8 Å². The van der Waals surface area contributed by atoms with Crippen LogP contribution in [0.25, 0.3) is 0 Å². The molecule has 1 saturated heterocycles. The van der Waals surface area contributed by atoms with Crippen LogP contribution in [0.15, 0.2) is 12.1 Å². The van der Waals surface area contributed by atoms with E-state index < -0.39 is 12.0 Å². The minimum Gasteiger partial charge on any atom is -0.480 e. The summed E-state index contributed by atoms with van der Waals surface area (Å²) >= 11 is 0. The molecular weight excluding hydrogens is 260 g/mol. The van der Waals surface area contributed by atoms with Gasteiger partial charge in [0.1, 0.15) is 6.04 Å². The minimum atomic E-state index is -1.00. The lowest BCUT2D eigenvalue weighted by atomic mass is 10.1. The van der Waals surface area contributed by atoms with Gasteiger partial charge in [-0.3, -0.25) is 9.78 Å². The number of carbonyl (C=O) groups is 2. The minimum absolute atomic E-state index is 0.237. The van der Waals surface area contributed by atoms with E-state index in [1.54, 1.807) is 19.1 Å². The zero-order valence-electron chi connectivity index (χ0n) is 11.8. The smallest absolute Gasteiger partial charge is 0.326 e. The first kappa shape index (κ1) is 14.5. The molecule has 0 aliphatic carbocycles. The molecule has 0 bridgehead atoms. The van der Waals surface area contributed by atoms with Crippen LogP contribution in [0, 0.1) is 13.8 Å². The number of aliphatic carboxylic acids is 1. The highest BCUT2D eigenvalue weighted by atomic mass is 16.5. The number of amides is 1. The normalized spacial score (nSPS) is 22.1. The Morgan fingerprint density at radius 2 is 2.10 bits per heavy atom. The fourth-order valence-corrected chi connectivity index (χ4v) is 2.49. The number of hydrogen-bond donors (Lipinski definition) is 1. The molecule has 6 nitrogen and oxygen atoms in total. The first-order chi connectivity index (χ1) is 9.43. The van der Waals surface area contributed by atoms with Gasteiger partial charge < -0.3 is 14.7 Å². The van der Waals surface area contributed by atoms with E-state index in [2.05, 4.69) is 4.98 Å². The molecule has 1 N–H and O–H groups in total. The van der Waals surface area contributed by atoms with Crippen molar-refractivity contribution in [1.82, 2.24) is 9.88 Å². The molecule has 2 atom stereocenters. The lowest BCUT2D eigenvalue weighted by Gasteiger charge is -2.22. The number of likely N-dealkylation sites (tertiary alicyclic amines) is 1. The molecule has 0 aromatic carbocycles. The highest BCUT2D eigenvalue weighted by Gasteiger charge is 2.40. The Bertz CT molecular complexity index is 544. The molecule has 108 valence electrons. The average molecular weight is 278 g/mol. The summed E-state index contributed by atoms with van der Waals surface area (Å²) in [6.45, 7) is 3.89. The summed E-state index contributed by atoms with van der Waals surface area (Å²) in [7, 11) is 1.52. The standard InChI is InChI=1S/C14H18N2O4/c1-8-4-5-11(9(2)15-8)13(17)16-7-10(20-3)6-12(16)14(18)19/h4-5,10,12H,6-7H2,1-3H3,(H,18,19). The largest absolute Gasteiger partial charge is 0.480 e. The molecule has 2 unspecified atom stereocenters. The molecule has 2 rings (SSSR count). The second-order valence-electron chi connectivity index (χ2n) is 4.99. The second kappa shape index (κ2) is 5.58. The van der Waals surface area contributed by atoms with Crippen LogP contribution in [0.5, 0.6) is 0 Å². The summed E-state index contributed by atoms with van der Waals surface area (Å²) in [6.07, 6.45) is 0.0781.